The van der Waals surface area contributed by atoms with Crippen LogP contribution >= 0.6 is 0 Å². The fourth-order valence-corrected chi connectivity index (χ4v) is 5.38. The van der Waals surface area contributed by atoms with E-state index in [1.807, 2.05) is 38.2 Å². The van der Waals surface area contributed by atoms with Crippen molar-refractivity contribution in [3.8, 4) is 0 Å². The summed E-state index contributed by atoms with van der Waals surface area (Å²) in [5.74, 6) is 0.321. The maximum Gasteiger partial charge on any atom is 0.254 e. The summed E-state index contributed by atoms with van der Waals surface area (Å²) in [6.07, 6.45) is 4.86. The molecule has 27 heavy (non-hydrogen) atoms. The molecule has 0 radical (unpaired) electrons. The first-order chi connectivity index (χ1) is 12.6. The first-order valence-corrected chi connectivity index (χ1v) is 10.3. The van der Waals surface area contributed by atoms with Crippen molar-refractivity contribution >= 4 is 11.8 Å². The molecule has 2 atom stereocenters. The summed E-state index contributed by atoms with van der Waals surface area (Å²) in [4.78, 5) is 28.9. The van der Waals surface area contributed by atoms with Crippen LogP contribution < -0.4 is 0 Å². The van der Waals surface area contributed by atoms with Crippen LogP contribution in [0.25, 0.3) is 0 Å². The zero-order valence-corrected chi connectivity index (χ0v) is 17.5. The summed E-state index contributed by atoms with van der Waals surface area (Å²) in [6, 6.07) is 8.17. The minimum absolute atomic E-state index is 0.156. The van der Waals surface area contributed by atoms with Crippen LogP contribution in [0.5, 0.6) is 0 Å². The van der Waals surface area contributed by atoms with Crippen molar-refractivity contribution in [3.63, 3.8) is 0 Å². The molecule has 1 saturated heterocycles. The van der Waals surface area contributed by atoms with Gasteiger partial charge < -0.3 is 9.80 Å². The first-order valence-electron chi connectivity index (χ1n) is 10.3. The molecule has 148 valence electrons. The molecule has 0 spiro atoms. The number of rotatable bonds is 5. The number of amides is 2. The Bertz CT molecular complexity index is 710. The number of fused-ring (bicyclic) bond motifs is 2. The highest BCUT2D eigenvalue weighted by atomic mass is 16.2. The first kappa shape index (κ1) is 19.9. The van der Waals surface area contributed by atoms with E-state index < -0.39 is 0 Å². The molecule has 2 aliphatic rings. The Morgan fingerprint density at radius 1 is 1.15 bits per heavy atom. The SMILES string of the molecule is CCCC(=O)N(C)Cc1ccc(C(=O)N2CC3(C)CC2CC(C)(C)C3)cc1. The molecule has 1 aromatic carbocycles. The molecule has 2 bridgehead atoms. The van der Waals surface area contributed by atoms with Crippen LogP contribution in [0, 0.1) is 10.8 Å². The van der Waals surface area contributed by atoms with Gasteiger partial charge in [-0.1, -0.05) is 39.8 Å². The van der Waals surface area contributed by atoms with E-state index in [0.29, 0.717) is 24.4 Å². The third kappa shape index (κ3) is 4.36. The molecule has 0 N–H and O–H groups in total. The van der Waals surface area contributed by atoms with Crippen LogP contribution in [0.15, 0.2) is 24.3 Å². The highest BCUT2D eigenvalue weighted by Gasteiger charge is 2.50. The second-order valence-electron chi connectivity index (χ2n) is 9.84. The Balaban J connectivity index is 1.67. The second kappa shape index (κ2) is 7.29. The van der Waals surface area contributed by atoms with Gasteiger partial charge in [-0.05, 0) is 54.2 Å². The van der Waals surface area contributed by atoms with Crippen molar-refractivity contribution in [1.82, 2.24) is 9.80 Å². The van der Waals surface area contributed by atoms with Crippen molar-refractivity contribution in [2.75, 3.05) is 13.6 Å². The summed E-state index contributed by atoms with van der Waals surface area (Å²) in [5, 5.41) is 0. The molecule has 4 nitrogen and oxygen atoms in total. The lowest BCUT2D eigenvalue weighted by Gasteiger charge is -2.39. The van der Waals surface area contributed by atoms with Crippen LogP contribution in [0.1, 0.15) is 75.7 Å². The Labute approximate surface area is 163 Å². The van der Waals surface area contributed by atoms with Crippen LogP contribution in [-0.2, 0) is 11.3 Å². The van der Waals surface area contributed by atoms with Crippen molar-refractivity contribution in [1.29, 1.82) is 0 Å². The molecular weight excluding hydrogens is 336 g/mol. The highest BCUT2D eigenvalue weighted by Crippen LogP contribution is 2.52. The van der Waals surface area contributed by atoms with Crippen LogP contribution in [0.3, 0.4) is 0 Å². The van der Waals surface area contributed by atoms with Gasteiger partial charge in [-0.25, -0.2) is 0 Å². The molecule has 2 unspecified atom stereocenters. The fourth-order valence-electron chi connectivity index (χ4n) is 5.38. The molecule has 1 aliphatic carbocycles. The Morgan fingerprint density at radius 2 is 1.81 bits per heavy atom. The quantitative estimate of drug-likeness (QED) is 0.766. The summed E-state index contributed by atoms with van der Waals surface area (Å²) >= 11 is 0. The van der Waals surface area contributed by atoms with Crippen LogP contribution in [0.4, 0.5) is 0 Å². The molecule has 1 saturated carbocycles. The molecule has 1 aromatic rings. The standard InChI is InChI=1S/C23H34N2O2/c1-6-7-20(26)24(5)14-17-8-10-18(11-9-17)21(27)25-16-23(4)13-19(25)12-22(2,3)15-23/h8-11,19H,6-7,12-16H2,1-5H3. The van der Waals surface area contributed by atoms with E-state index >= 15 is 0 Å². The minimum atomic E-state index is 0.156. The topological polar surface area (TPSA) is 40.6 Å². The van der Waals surface area contributed by atoms with Gasteiger partial charge in [0.1, 0.15) is 0 Å². The molecular formula is C23H34N2O2. The summed E-state index contributed by atoms with van der Waals surface area (Å²) in [5.41, 5.74) is 2.39. The maximum atomic E-state index is 13.1. The number of benzene rings is 1. The summed E-state index contributed by atoms with van der Waals surface area (Å²) < 4.78 is 0. The lowest BCUT2D eigenvalue weighted by atomic mass is 9.65. The molecule has 0 aromatic heterocycles. The Kier molecular flexibility index (Phi) is 5.38. The number of hydrogen-bond donors (Lipinski definition) is 0. The third-order valence-electron chi connectivity index (χ3n) is 6.19. The molecule has 3 rings (SSSR count). The lowest BCUT2D eigenvalue weighted by Crippen LogP contribution is -2.37. The predicted molar refractivity (Wildman–Crippen MR) is 108 cm³/mol. The van der Waals surface area contributed by atoms with Crippen molar-refractivity contribution in [2.24, 2.45) is 10.8 Å². The fraction of sp³-hybridized carbons (Fsp3) is 0.652. The molecule has 1 aliphatic heterocycles. The molecule has 1 heterocycles. The van der Waals surface area contributed by atoms with E-state index in [0.717, 1.165) is 36.9 Å². The Hall–Kier alpha value is -1.84. The largest absolute Gasteiger partial charge is 0.341 e. The zero-order valence-electron chi connectivity index (χ0n) is 17.5. The van der Waals surface area contributed by atoms with Crippen molar-refractivity contribution < 1.29 is 9.59 Å². The average Bonchev–Trinajstić information content (AvgIpc) is 2.84. The van der Waals surface area contributed by atoms with Crippen molar-refractivity contribution in [2.45, 2.75) is 72.4 Å². The van der Waals surface area contributed by atoms with Gasteiger partial charge in [0, 0.05) is 38.2 Å². The normalized spacial score (nSPS) is 26.1. The Morgan fingerprint density at radius 3 is 2.44 bits per heavy atom. The minimum Gasteiger partial charge on any atom is -0.341 e. The van der Waals surface area contributed by atoms with Crippen molar-refractivity contribution in [3.05, 3.63) is 35.4 Å². The summed E-state index contributed by atoms with van der Waals surface area (Å²) in [6.45, 7) is 10.5. The second-order valence-corrected chi connectivity index (χ2v) is 9.84. The van der Waals surface area contributed by atoms with E-state index in [2.05, 4.69) is 25.7 Å². The number of likely N-dealkylation sites (tertiary alicyclic amines) is 1. The van der Waals surface area contributed by atoms with Gasteiger partial charge in [-0.3, -0.25) is 9.59 Å². The highest BCUT2D eigenvalue weighted by molar-refractivity contribution is 5.94. The van der Waals surface area contributed by atoms with Gasteiger partial charge in [0.15, 0.2) is 0 Å². The number of nitrogens with zero attached hydrogens (tertiary/aromatic N) is 2. The summed E-state index contributed by atoms with van der Waals surface area (Å²) in [7, 11) is 1.84. The average molecular weight is 371 g/mol. The van der Waals surface area contributed by atoms with Crippen LogP contribution in [0.2, 0.25) is 0 Å². The van der Waals surface area contributed by atoms with E-state index in [9.17, 15) is 9.59 Å². The number of carbonyl (C=O) groups excluding carboxylic acids is 2. The maximum absolute atomic E-state index is 13.1. The third-order valence-corrected chi connectivity index (χ3v) is 6.19. The van der Waals surface area contributed by atoms with Gasteiger partial charge in [0.25, 0.3) is 5.91 Å². The number of hydrogen-bond acceptors (Lipinski definition) is 2. The molecule has 2 fully saturated rings. The monoisotopic (exact) mass is 370 g/mol. The van der Waals surface area contributed by atoms with E-state index in [1.165, 1.54) is 6.42 Å². The van der Waals surface area contributed by atoms with Gasteiger partial charge in [-0.2, -0.15) is 0 Å². The molecule has 2 amide bonds. The number of carbonyl (C=O) groups is 2. The van der Waals surface area contributed by atoms with Crippen LogP contribution in [-0.4, -0.2) is 41.2 Å². The smallest absolute Gasteiger partial charge is 0.254 e. The van der Waals surface area contributed by atoms with E-state index in [1.54, 1.807) is 4.90 Å². The van der Waals surface area contributed by atoms with Gasteiger partial charge >= 0.3 is 0 Å². The van der Waals surface area contributed by atoms with Gasteiger partial charge in [0.05, 0.1) is 0 Å². The lowest BCUT2D eigenvalue weighted by molar-refractivity contribution is -0.130. The predicted octanol–water partition coefficient (Wildman–Crippen LogP) is 4.49. The zero-order chi connectivity index (χ0) is 19.8. The van der Waals surface area contributed by atoms with Gasteiger partial charge in [0.2, 0.25) is 5.91 Å². The van der Waals surface area contributed by atoms with E-state index in [4.69, 9.17) is 0 Å². The van der Waals surface area contributed by atoms with Gasteiger partial charge in [-0.15, -0.1) is 0 Å². The van der Waals surface area contributed by atoms with E-state index in [-0.39, 0.29) is 17.2 Å². The molecule has 4 heteroatoms.